The van der Waals surface area contributed by atoms with E-state index in [9.17, 15) is 14.4 Å². The Bertz CT molecular complexity index is 1320. The SMILES string of the molecule is Cn1c(=O)n(Cc2ccccc2)c(=O)c2c(C(=O)OCCCc3cccnc3)csc21. The lowest BCUT2D eigenvalue weighted by Crippen LogP contribution is -2.39. The highest BCUT2D eigenvalue weighted by Crippen LogP contribution is 2.22. The third kappa shape index (κ3) is 4.34. The molecule has 4 aromatic rings. The van der Waals surface area contributed by atoms with Gasteiger partial charge in [0.15, 0.2) is 0 Å². The number of pyridine rings is 1. The van der Waals surface area contributed by atoms with Crippen molar-refractivity contribution in [1.82, 2.24) is 14.1 Å². The van der Waals surface area contributed by atoms with Crippen molar-refractivity contribution in [2.45, 2.75) is 19.4 Å². The standard InChI is InChI=1S/C23H21N3O4S/c1-25-21-19(20(27)26(23(25)29)14-17-7-3-2-4-8-17)18(15-31-21)22(28)30-12-6-10-16-9-5-11-24-13-16/h2-5,7-9,11,13,15H,6,10,12,14H2,1H3. The van der Waals surface area contributed by atoms with Gasteiger partial charge in [0.1, 0.15) is 4.83 Å². The zero-order valence-electron chi connectivity index (χ0n) is 17.0. The van der Waals surface area contributed by atoms with Crippen LogP contribution in [0.1, 0.15) is 27.9 Å². The Morgan fingerprint density at radius 2 is 1.87 bits per heavy atom. The second kappa shape index (κ2) is 9.09. The van der Waals surface area contributed by atoms with Gasteiger partial charge < -0.3 is 4.74 Å². The molecule has 0 N–H and O–H groups in total. The van der Waals surface area contributed by atoms with Crippen LogP contribution in [0.25, 0.3) is 10.2 Å². The van der Waals surface area contributed by atoms with Crippen molar-refractivity contribution in [3.05, 3.63) is 97.8 Å². The first kappa shape index (κ1) is 20.7. The van der Waals surface area contributed by atoms with Crippen molar-refractivity contribution >= 4 is 27.5 Å². The van der Waals surface area contributed by atoms with E-state index in [1.165, 1.54) is 15.9 Å². The van der Waals surface area contributed by atoms with Crippen molar-refractivity contribution in [3.8, 4) is 0 Å². The van der Waals surface area contributed by atoms with Gasteiger partial charge in [-0.15, -0.1) is 11.3 Å². The van der Waals surface area contributed by atoms with Crippen molar-refractivity contribution in [2.24, 2.45) is 7.05 Å². The number of nitrogens with zero attached hydrogens (tertiary/aromatic N) is 3. The molecule has 0 aliphatic carbocycles. The van der Waals surface area contributed by atoms with Gasteiger partial charge >= 0.3 is 11.7 Å². The predicted octanol–water partition coefficient (Wildman–Crippen LogP) is 2.99. The number of thiophene rings is 1. The number of esters is 1. The molecular weight excluding hydrogens is 414 g/mol. The fourth-order valence-electron chi connectivity index (χ4n) is 3.41. The molecule has 0 spiro atoms. The summed E-state index contributed by atoms with van der Waals surface area (Å²) in [5.41, 5.74) is 1.20. The van der Waals surface area contributed by atoms with Crippen molar-refractivity contribution in [3.63, 3.8) is 0 Å². The summed E-state index contributed by atoms with van der Waals surface area (Å²) in [5, 5.41) is 1.81. The Morgan fingerprint density at radius 1 is 1.10 bits per heavy atom. The fourth-order valence-corrected chi connectivity index (χ4v) is 4.41. The van der Waals surface area contributed by atoms with Crippen LogP contribution in [0.4, 0.5) is 0 Å². The summed E-state index contributed by atoms with van der Waals surface area (Å²) in [6, 6.07) is 13.1. The highest BCUT2D eigenvalue weighted by molar-refractivity contribution is 7.17. The Hall–Kier alpha value is -3.52. The molecule has 0 atom stereocenters. The maximum atomic E-state index is 13.1. The van der Waals surface area contributed by atoms with Gasteiger partial charge in [-0.3, -0.25) is 18.9 Å². The first-order valence-electron chi connectivity index (χ1n) is 9.87. The smallest absolute Gasteiger partial charge is 0.339 e. The zero-order valence-corrected chi connectivity index (χ0v) is 17.8. The minimum absolute atomic E-state index is 0.137. The number of hydrogen-bond donors (Lipinski definition) is 0. The highest BCUT2D eigenvalue weighted by Gasteiger charge is 2.21. The van der Waals surface area contributed by atoms with Crippen molar-refractivity contribution < 1.29 is 9.53 Å². The number of rotatable bonds is 7. The predicted molar refractivity (Wildman–Crippen MR) is 120 cm³/mol. The first-order chi connectivity index (χ1) is 15.1. The van der Waals surface area contributed by atoms with Crippen LogP contribution in [0, 0.1) is 0 Å². The van der Waals surface area contributed by atoms with Crippen LogP contribution in [0.15, 0.2) is 69.8 Å². The molecule has 8 heteroatoms. The minimum atomic E-state index is -0.556. The van der Waals surface area contributed by atoms with Gasteiger partial charge in [0.2, 0.25) is 0 Å². The number of benzene rings is 1. The molecule has 0 aliphatic rings. The van der Waals surface area contributed by atoms with Crippen LogP contribution in [-0.2, 0) is 24.8 Å². The van der Waals surface area contributed by atoms with Crippen LogP contribution in [0.5, 0.6) is 0 Å². The summed E-state index contributed by atoms with van der Waals surface area (Å²) in [6.07, 6.45) is 4.88. The van der Waals surface area contributed by atoms with E-state index in [2.05, 4.69) is 4.98 Å². The summed E-state index contributed by atoms with van der Waals surface area (Å²) >= 11 is 1.19. The molecule has 0 unspecified atom stereocenters. The average Bonchev–Trinajstić information content (AvgIpc) is 3.25. The lowest BCUT2D eigenvalue weighted by molar-refractivity contribution is 0.0503. The number of aromatic nitrogens is 3. The average molecular weight is 436 g/mol. The van der Waals surface area contributed by atoms with E-state index < -0.39 is 17.2 Å². The number of fused-ring (bicyclic) bond motifs is 1. The maximum absolute atomic E-state index is 13.1. The third-order valence-corrected chi connectivity index (χ3v) is 6.08. The van der Waals surface area contributed by atoms with Gasteiger partial charge in [-0.1, -0.05) is 36.4 Å². The van der Waals surface area contributed by atoms with Crippen molar-refractivity contribution in [1.29, 1.82) is 0 Å². The first-order valence-corrected chi connectivity index (χ1v) is 10.7. The topological polar surface area (TPSA) is 83.2 Å². The third-order valence-electron chi connectivity index (χ3n) is 5.02. The van der Waals surface area contributed by atoms with E-state index in [1.807, 2.05) is 42.5 Å². The van der Waals surface area contributed by atoms with Gasteiger partial charge in [0, 0.05) is 24.8 Å². The Balaban J connectivity index is 1.57. The summed E-state index contributed by atoms with van der Waals surface area (Å²) in [6.45, 7) is 0.368. The second-order valence-corrected chi connectivity index (χ2v) is 8.01. The lowest BCUT2D eigenvalue weighted by Gasteiger charge is -2.09. The zero-order chi connectivity index (χ0) is 21.8. The molecule has 0 saturated heterocycles. The highest BCUT2D eigenvalue weighted by atomic mass is 32.1. The normalized spacial score (nSPS) is 11.0. The largest absolute Gasteiger partial charge is 0.462 e. The number of carbonyl (C=O) groups excluding carboxylic acids is 1. The van der Waals surface area contributed by atoms with Gasteiger partial charge in [0.05, 0.1) is 24.1 Å². The second-order valence-electron chi connectivity index (χ2n) is 7.15. The molecule has 0 aliphatic heterocycles. The number of carbonyl (C=O) groups is 1. The summed E-state index contributed by atoms with van der Waals surface area (Å²) in [5.74, 6) is -0.556. The fraction of sp³-hybridized carbons (Fsp3) is 0.217. The molecule has 0 radical (unpaired) electrons. The van der Waals surface area contributed by atoms with E-state index >= 15 is 0 Å². The lowest BCUT2D eigenvalue weighted by atomic mass is 10.2. The molecular formula is C23H21N3O4S. The monoisotopic (exact) mass is 435 g/mol. The van der Waals surface area contributed by atoms with Crippen molar-refractivity contribution in [2.75, 3.05) is 6.61 Å². The molecule has 3 aromatic heterocycles. The van der Waals surface area contributed by atoms with Gasteiger partial charge in [-0.05, 0) is 30.0 Å². The quantitative estimate of drug-likeness (QED) is 0.329. The molecule has 31 heavy (non-hydrogen) atoms. The van der Waals surface area contributed by atoms with E-state index in [4.69, 9.17) is 4.74 Å². The summed E-state index contributed by atoms with van der Waals surface area (Å²) in [4.78, 5) is 43.1. The van der Waals surface area contributed by atoms with Gasteiger partial charge in [-0.2, -0.15) is 0 Å². The van der Waals surface area contributed by atoms with Crippen LogP contribution in [0.2, 0.25) is 0 Å². The molecule has 1 aromatic carbocycles. The van der Waals surface area contributed by atoms with E-state index in [0.717, 1.165) is 22.1 Å². The molecule has 0 saturated carbocycles. The molecule has 4 rings (SSSR count). The summed E-state index contributed by atoms with van der Waals surface area (Å²) < 4.78 is 7.97. The van der Waals surface area contributed by atoms with Crippen LogP contribution < -0.4 is 11.2 Å². The molecule has 7 nitrogen and oxygen atoms in total. The van der Waals surface area contributed by atoms with Gasteiger partial charge in [-0.25, -0.2) is 9.59 Å². The van der Waals surface area contributed by atoms with Crippen LogP contribution in [0.3, 0.4) is 0 Å². The van der Waals surface area contributed by atoms with Gasteiger partial charge in [0.25, 0.3) is 5.56 Å². The van der Waals surface area contributed by atoms with E-state index in [1.54, 1.807) is 24.8 Å². The van der Waals surface area contributed by atoms with E-state index in [-0.39, 0.29) is 24.1 Å². The minimum Gasteiger partial charge on any atom is -0.462 e. The summed E-state index contributed by atoms with van der Waals surface area (Å²) in [7, 11) is 1.60. The van der Waals surface area contributed by atoms with E-state index in [0.29, 0.717) is 11.3 Å². The number of aryl methyl sites for hydroxylation is 2. The molecule has 0 bridgehead atoms. The molecule has 3 heterocycles. The Kier molecular flexibility index (Phi) is 6.08. The molecule has 158 valence electrons. The Morgan fingerprint density at radius 3 is 2.61 bits per heavy atom. The number of hydrogen-bond acceptors (Lipinski definition) is 6. The number of ether oxygens (including phenoxy) is 1. The molecule has 0 fully saturated rings. The van der Waals surface area contributed by atoms with Crippen LogP contribution in [-0.4, -0.2) is 26.7 Å². The Labute approximate surface area is 182 Å². The maximum Gasteiger partial charge on any atom is 0.339 e. The van der Waals surface area contributed by atoms with Crippen LogP contribution >= 0.6 is 11.3 Å². The molecule has 0 amide bonds.